The molecule has 1 aliphatic rings. The summed E-state index contributed by atoms with van der Waals surface area (Å²) < 4.78 is 25.3. The van der Waals surface area contributed by atoms with E-state index in [1.54, 1.807) is 0 Å². The van der Waals surface area contributed by atoms with E-state index >= 15 is 0 Å². The minimum atomic E-state index is -3.11. The lowest BCUT2D eigenvalue weighted by Gasteiger charge is -2.34. The zero-order chi connectivity index (χ0) is 11.5. The first-order valence-corrected chi connectivity index (χ1v) is 8.02. The summed E-state index contributed by atoms with van der Waals surface area (Å²) in [6, 6.07) is 0.668. The number of nitrogens with one attached hydrogen (secondary N) is 1. The highest BCUT2D eigenvalue weighted by atomic mass is 79.9. The van der Waals surface area contributed by atoms with Crippen molar-refractivity contribution in [3.8, 4) is 0 Å². The molecule has 1 heterocycles. The number of rotatable bonds is 4. The van der Waals surface area contributed by atoms with Crippen LogP contribution in [-0.2, 0) is 10.0 Å². The maximum atomic E-state index is 11.3. The van der Waals surface area contributed by atoms with Gasteiger partial charge in [0.15, 0.2) is 0 Å². The van der Waals surface area contributed by atoms with Gasteiger partial charge in [-0.3, -0.25) is 0 Å². The first-order chi connectivity index (χ1) is 6.94. The molecule has 0 saturated carbocycles. The van der Waals surface area contributed by atoms with E-state index in [9.17, 15) is 8.42 Å². The third kappa shape index (κ3) is 4.38. The first-order valence-electron chi connectivity index (χ1n) is 5.24. The van der Waals surface area contributed by atoms with Gasteiger partial charge < -0.3 is 4.90 Å². The predicted molar refractivity (Wildman–Crippen MR) is 65.6 cm³/mol. The van der Waals surface area contributed by atoms with Gasteiger partial charge in [0.05, 0.1) is 0 Å². The van der Waals surface area contributed by atoms with Crippen LogP contribution in [0.15, 0.2) is 0 Å². The van der Waals surface area contributed by atoms with Crippen LogP contribution in [-0.4, -0.2) is 43.2 Å². The molecule has 0 aromatic carbocycles. The van der Waals surface area contributed by atoms with Gasteiger partial charge in [-0.2, -0.15) is 0 Å². The highest BCUT2D eigenvalue weighted by Crippen LogP contribution is 2.13. The number of sulfonamides is 1. The number of halogens is 1. The second kappa shape index (κ2) is 5.61. The molecule has 0 bridgehead atoms. The quantitative estimate of drug-likeness (QED) is 0.792. The van der Waals surface area contributed by atoms with E-state index in [1.165, 1.54) is 0 Å². The van der Waals surface area contributed by atoms with E-state index in [0.29, 0.717) is 6.04 Å². The lowest BCUT2D eigenvalue weighted by Crippen LogP contribution is -2.46. The van der Waals surface area contributed by atoms with Crippen molar-refractivity contribution in [2.45, 2.75) is 38.8 Å². The van der Waals surface area contributed by atoms with E-state index in [4.69, 9.17) is 0 Å². The second-order valence-corrected chi connectivity index (χ2v) is 7.30. The molecular formula is C9H19BrN2O2S. The van der Waals surface area contributed by atoms with Crippen LogP contribution in [0.5, 0.6) is 0 Å². The molecule has 0 aromatic rings. The summed E-state index contributed by atoms with van der Waals surface area (Å²) in [6.07, 6.45) is 1.81. The summed E-state index contributed by atoms with van der Waals surface area (Å²) in [4.78, 5) is 2.37. The topological polar surface area (TPSA) is 49.4 Å². The monoisotopic (exact) mass is 298 g/mol. The van der Waals surface area contributed by atoms with E-state index in [0.717, 1.165) is 25.9 Å². The van der Waals surface area contributed by atoms with Crippen LogP contribution in [0, 0.1) is 0 Å². The van der Waals surface area contributed by atoms with Crippen molar-refractivity contribution < 1.29 is 8.42 Å². The van der Waals surface area contributed by atoms with Crippen LogP contribution in [0.25, 0.3) is 0 Å². The molecule has 0 amide bonds. The third-order valence-electron chi connectivity index (χ3n) is 2.75. The SMILES string of the molecule is CC(C)N1CCC(NS(=O)(=O)CBr)CC1. The predicted octanol–water partition coefficient (Wildman–Crippen LogP) is 1.13. The molecular weight excluding hydrogens is 280 g/mol. The van der Waals surface area contributed by atoms with Gasteiger partial charge in [-0.15, -0.1) is 0 Å². The van der Waals surface area contributed by atoms with E-state index < -0.39 is 10.0 Å². The summed E-state index contributed by atoms with van der Waals surface area (Å²) in [5, 5.41) is 0. The average molecular weight is 299 g/mol. The molecule has 1 aliphatic heterocycles. The van der Waals surface area contributed by atoms with Crippen LogP contribution in [0.1, 0.15) is 26.7 Å². The van der Waals surface area contributed by atoms with Crippen molar-refractivity contribution in [1.82, 2.24) is 9.62 Å². The molecule has 0 radical (unpaired) electrons. The fraction of sp³-hybridized carbons (Fsp3) is 1.00. The van der Waals surface area contributed by atoms with Crippen molar-refractivity contribution in [3.63, 3.8) is 0 Å². The van der Waals surface area contributed by atoms with Gasteiger partial charge in [0.25, 0.3) is 0 Å². The first kappa shape index (κ1) is 13.4. The Morgan fingerprint density at radius 3 is 2.33 bits per heavy atom. The van der Waals surface area contributed by atoms with Crippen molar-refractivity contribution in [1.29, 1.82) is 0 Å². The number of hydrogen-bond acceptors (Lipinski definition) is 3. The number of hydrogen-bond donors (Lipinski definition) is 1. The molecule has 4 nitrogen and oxygen atoms in total. The molecule has 0 unspecified atom stereocenters. The van der Waals surface area contributed by atoms with E-state index in [1.807, 2.05) is 0 Å². The number of piperidine rings is 1. The maximum Gasteiger partial charge on any atom is 0.221 e. The summed E-state index contributed by atoms with van der Waals surface area (Å²) in [6.45, 7) is 6.30. The van der Waals surface area contributed by atoms with Gasteiger partial charge in [-0.25, -0.2) is 13.1 Å². The maximum absolute atomic E-state index is 11.3. The molecule has 0 spiro atoms. The molecule has 15 heavy (non-hydrogen) atoms. The van der Waals surface area contributed by atoms with Crippen molar-refractivity contribution in [2.75, 3.05) is 17.8 Å². The van der Waals surface area contributed by atoms with Gasteiger partial charge in [0.1, 0.15) is 4.66 Å². The van der Waals surface area contributed by atoms with Crippen LogP contribution >= 0.6 is 15.9 Å². The Hall–Kier alpha value is 0.350. The van der Waals surface area contributed by atoms with Crippen LogP contribution in [0.4, 0.5) is 0 Å². The van der Waals surface area contributed by atoms with Crippen molar-refractivity contribution in [3.05, 3.63) is 0 Å². The van der Waals surface area contributed by atoms with Crippen LogP contribution < -0.4 is 4.72 Å². The molecule has 1 N–H and O–H groups in total. The minimum absolute atomic E-state index is 0.00953. The Morgan fingerprint density at radius 1 is 1.40 bits per heavy atom. The number of alkyl halides is 1. The number of likely N-dealkylation sites (tertiary alicyclic amines) is 1. The average Bonchev–Trinajstić information content (AvgIpc) is 2.18. The van der Waals surface area contributed by atoms with Crippen LogP contribution in [0.3, 0.4) is 0 Å². The van der Waals surface area contributed by atoms with Gasteiger partial charge in [0.2, 0.25) is 10.0 Å². The zero-order valence-corrected chi connectivity index (χ0v) is 11.6. The van der Waals surface area contributed by atoms with Crippen LogP contribution in [0.2, 0.25) is 0 Å². The lowest BCUT2D eigenvalue weighted by molar-refractivity contribution is 0.168. The van der Waals surface area contributed by atoms with E-state index in [2.05, 4.69) is 39.4 Å². The highest BCUT2D eigenvalue weighted by Gasteiger charge is 2.23. The lowest BCUT2D eigenvalue weighted by atomic mass is 10.1. The third-order valence-corrected chi connectivity index (χ3v) is 5.54. The van der Waals surface area contributed by atoms with Gasteiger partial charge in [0, 0.05) is 12.1 Å². The smallest absolute Gasteiger partial charge is 0.221 e. The molecule has 1 saturated heterocycles. The summed E-state index contributed by atoms with van der Waals surface area (Å²) in [7, 11) is -3.11. The fourth-order valence-corrected chi connectivity index (χ4v) is 3.02. The summed E-state index contributed by atoms with van der Waals surface area (Å²) >= 11 is 2.97. The Morgan fingerprint density at radius 2 is 1.93 bits per heavy atom. The Balaban J connectivity index is 2.38. The molecule has 1 fully saturated rings. The normalized spacial score (nSPS) is 21.1. The second-order valence-electron chi connectivity index (χ2n) is 4.25. The largest absolute Gasteiger partial charge is 0.301 e. The van der Waals surface area contributed by atoms with Gasteiger partial charge in [-0.1, -0.05) is 15.9 Å². The van der Waals surface area contributed by atoms with E-state index in [-0.39, 0.29) is 10.7 Å². The minimum Gasteiger partial charge on any atom is -0.301 e. The Labute approximate surface area is 101 Å². The molecule has 0 aromatic heterocycles. The molecule has 1 rings (SSSR count). The summed E-state index contributed by atoms with van der Waals surface area (Å²) in [5.74, 6) is 0. The van der Waals surface area contributed by atoms with Crippen molar-refractivity contribution in [2.24, 2.45) is 0 Å². The Kier molecular flexibility index (Phi) is 5.02. The van der Waals surface area contributed by atoms with Gasteiger partial charge in [-0.05, 0) is 39.8 Å². The van der Waals surface area contributed by atoms with Crippen molar-refractivity contribution >= 4 is 26.0 Å². The highest BCUT2D eigenvalue weighted by molar-refractivity contribution is 9.10. The standard InChI is InChI=1S/C9H19BrN2O2S/c1-8(2)12-5-3-9(4-6-12)11-15(13,14)7-10/h8-9,11H,3-7H2,1-2H3. The molecule has 90 valence electrons. The molecule has 6 heteroatoms. The molecule has 0 atom stereocenters. The van der Waals surface area contributed by atoms with Gasteiger partial charge >= 0.3 is 0 Å². The number of nitrogens with zero attached hydrogens (tertiary/aromatic N) is 1. The zero-order valence-electron chi connectivity index (χ0n) is 9.24. The summed E-state index contributed by atoms with van der Waals surface area (Å²) in [5.41, 5.74) is 0. The fourth-order valence-electron chi connectivity index (χ4n) is 1.82. The molecule has 0 aliphatic carbocycles. The Bertz CT molecular complexity index is 284.